The molecule has 0 bridgehead atoms. The number of Topliss-reactive ketones (excluding diaryl/α,β-unsaturated/α-hetero) is 3. The zero-order valence-electron chi connectivity index (χ0n) is 23.2. The Labute approximate surface area is 215 Å². The third kappa shape index (κ3) is 3.10. The quantitative estimate of drug-likeness (QED) is 0.527. The molecule has 0 aromatic heterocycles. The molecule has 2 N–H and O–H groups in total. The fraction of sp³-hybridized carbons (Fsp3) is 0.833. The van der Waals surface area contributed by atoms with Crippen molar-refractivity contribution in [3.8, 4) is 0 Å². The number of fused-ring (bicyclic) bond motifs is 7. The van der Waals surface area contributed by atoms with Crippen LogP contribution in [0.4, 0.5) is 0 Å². The molecule has 6 nitrogen and oxygen atoms in total. The summed E-state index contributed by atoms with van der Waals surface area (Å²) in [4.78, 5) is 40.6. The van der Waals surface area contributed by atoms with Crippen molar-refractivity contribution in [3.05, 3.63) is 11.6 Å². The van der Waals surface area contributed by atoms with Crippen LogP contribution in [-0.2, 0) is 19.1 Å². The minimum absolute atomic E-state index is 0.00209. The molecule has 10 atom stereocenters. The molecule has 0 spiro atoms. The highest BCUT2D eigenvalue weighted by atomic mass is 16.5. The van der Waals surface area contributed by atoms with E-state index in [0.29, 0.717) is 12.8 Å². The lowest BCUT2D eigenvalue weighted by Gasteiger charge is -2.64. The van der Waals surface area contributed by atoms with E-state index >= 15 is 0 Å². The van der Waals surface area contributed by atoms with Gasteiger partial charge in [0.2, 0.25) is 0 Å². The van der Waals surface area contributed by atoms with Crippen LogP contribution in [0.2, 0.25) is 0 Å². The van der Waals surface area contributed by atoms with Gasteiger partial charge in [0, 0.05) is 41.9 Å². The minimum Gasteiger partial charge on any atom is -0.388 e. The van der Waals surface area contributed by atoms with Gasteiger partial charge in [0.1, 0.15) is 17.7 Å². The van der Waals surface area contributed by atoms with E-state index in [-0.39, 0.29) is 65.4 Å². The molecule has 200 valence electrons. The molecule has 0 aromatic rings. The van der Waals surface area contributed by atoms with Crippen molar-refractivity contribution >= 4 is 17.3 Å². The molecule has 5 aliphatic rings. The van der Waals surface area contributed by atoms with Gasteiger partial charge in [0.25, 0.3) is 0 Å². The van der Waals surface area contributed by atoms with Crippen LogP contribution in [0.25, 0.3) is 0 Å². The summed E-state index contributed by atoms with van der Waals surface area (Å²) in [5.74, 6) is -0.485. The van der Waals surface area contributed by atoms with Gasteiger partial charge in [-0.1, -0.05) is 53.2 Å². The lowest BCUT2D eigenvalue weighted by atomic mass is 9.38. The molecule has 1 heterocycles. The molecule has 5 rings (SSSR count). The molecule has 4 aliphatic carbocycles. The highest BCUT2D eigenvalue weighted by Crippen LogP contribution is 2.74. The number of allylic oxidation sites excluding steroid dienone is 1. The topological polar surface area (TPSA) is 101 Å². The Morgan fingerprint density at radius 1 is 1.00 bits per heavy atom. The molecule has 36 heavy (non-hydrogen) atoms. The predicted molar refractivity (Wildman–Crippen MR) is 135 cm³/mol. The van der Waals surface area contributed by atoms with E-state index < -0.39 is 34.1 Å². The van der Waals surface area contributed by atoms with Gasteiger partial charge >= 0.3 is 0 Å². The van der Waals surface area contributed by atoms with Gasteiger partial charge in [-0.05, 0) is 49.4 Å². The summed E-state index contributed by atoms with van der Waals surface area (Å²) < 4.78 is 6.60. The Kier molecular flexibility index (Phi) is 5.54. The molecule has 3 saturated carbocycles. The van der Waals surface area contributed by atoms with Crippen molar-refractivity contribution < 1.29 is 29.3 Å². The molecular formula is C30H44O6. The van der Waals surface area contributed by atoms with Crippen molar-refractivity contribution in [1.82, 2.24) is 0 Å². The van der Waals surface area contributed by atoms with Crippen LogP contribution < -0.4 is 0 Å². The number of carbonyl (C=O) groups is 3. The van der Waals surface area contributed by atoms with E-state index in [4.69, 9.17) is 4.74 Å². The number of hydrogen-bond acceptors (Lipinski definition) is 6. The number of carbonyl (C=O) groups excluding carboxylic acids is 3. The SMILES string of the molecule is CC1C(=O)CC(C(C)(C)O)OC2CC3(C)C4CC=C5C(CC(=O)C(O)C5(C)C)C4(C)C(=O)CC3(C)C21. The van der Waals surface area contributed by atoms with Gasteiger partial charge in [0.05, 0.1) is 17.8 Å². The molecule has 1 saturated heterocycles. The second kappa shape index (κ2) is 7.60. The van der Waals surface area contributed by atoms with Crippen molar-refractivity contribution in [2.24, 2.45) is 45.3 Å². The van der Waals surface area contributed by atoms with Gasteiger partial charge in [-0.2, -0.15) is 0 Å². The van der Waals surface area contributed by atoms with Gasteiger partial charge in [-0.15, -0.1) is 0 Å². The van der Waals surface area contributed by atoms with Crippen LogP contribution in [0, 0.1) is 45.3 Å². The van der Waals surface area contributed by atoms with Crippen LogP contribution in [0.3, 0.4) is 0 Å². The Morgan fingerprint density at radius 3 is 2.25 bits per heavy atom. The molecule has 10 unspecified atom stereocenters. The summed E-state index contributed by atoms with van der Waals surface area (Å²) in [7, 11) is 0. The third-order valence-corrected chi connectivity index (χ3v) is 12.1. The second-order valence-electron chi connectivity index (χ2n) is 14.5. The lowest BCUT2D eigenvalue weighted by Crippen LogP contribution is -2.64. The van der Waals surface area contributed by atoms with Crippen molar-refractivity contribution in [2.75, 3.05) is 0 Å². The molecular weight excluding hydrogens is 456 g/mol. The molecule has 0 radical (unpaired) electrons. The summed E-state index contributed by atoms with van der Waals surface area (Å²) in [6, 6.07) is 0. The van der Waals surface area contributed by atoms with Crippen LogP contribution >= 0.6 is 0 Å². The minimum atomic E-state index is -1.14. The first-order valence-corrected chi connectivity index (χ1v) is 13.8. The summed E-state index contributed by atoms with van der Waals surface area (Å²) >= 11 is 0. The molecule has 6 heteroatoms. The standard InChI is InChI=1S/C30H44O6/c1-15-18(31)12-23(27(4,5)35)36-20-13-28(6)21-10-9-16-17(11-19(32)25(34)26(16,2)3)30(21,8)22(33)14-29(28,7)24(15)20/h9,15,17,20-21,23-25,34-35H,10-14H2,1-8H3. The van der Waals surface area contributed by atoms with Gasteiger partial charge < -0.3 is 14.9 Å². The number of hydrogen-bond donors (Lipinski definition) is 2. The van der Waals surface area contributed by atoms with E-state index in [1.807, 2.05) is 20.8 Å². The fourth-order valence-corrected chi connectivity index (χ4v) is 9.62. The average molecular weight is 501 g/mol. The number of ketones is 3. The van der Waals surface area contributed by atoms with Crippen molar-refractivity contribution in [3.63, 3.8) is 0 Å². The predicted octanol–water partition coefficient (Wildman–Crippen LogP) is 4.05. The maximum absolute atomic E-state index is 14.3. The third-order valence-electron chi connectivity index (χ3n) is 12.1. The monoisotopic (exact) mass is 500 g/mol. The highest BCUT2D eigenvalue weighted by molar-refractivity contribution is 5.92. The summed E-state index contributed by atoms with van der Waals surface area (Å²) in [5.41, 5.74) is -2.21. The molecule has 1 aliphatic heterocycles. The Bertz CT molecular complexity index is 1050. The maximum atomic E-state index is 14.3. The van der Waals surface area contributed by atoms with Crippen LogP contribution in [0.5, 0.6) is 0 Å². The van der Waals surface area contributed by atoms with E-state index in [1.54, 1.807) is 13.8 Å². The van der Waals surface area contributed by atoms with E-state index in [9.17, 15) is 24.6 Å². The van der Waals surface area contributed by atoms with Crippen molar-refractivity contribution in [1.29, 1.82) is 0 Å². The normalized spacial score (nSPS) is 50.4. The second-order valence-corrected chi connectivity index (χ2v) is 14.5. The first-order chi connectivity index (χ1) is 16.4. The zero-order chi connectivity index (χ0) is 26.8. The van der Waals surface area contributed by atoms with Gasteiger partial charge in [-0.25, -0.2) is 0 Å². The summed E-state index contributed by atoms with van der Waals surface area (Å²) in [5, 5.41) is 21.5. The van der Waals surface area contributed by atoms with E-state index in [0.717, 1.165) is 12.0 Å². The van der Waals surface area contributed by atoms with Gasteiger partial charge in [0.15, 0.2) is 5.78 Å². The Hall–Kier alpha value is -1.37. The molecule has 0 amide bonds. The summed E-state index contributed by atoms with van der Waals surface area (Å²) in [6.45, 7) is 15.7. The number of ether oxygens (including phenoxy) is 1. The van der Waals surface area contributed by atoms with Crippen LogP contribution in [-0.4, -0.2) is 51.5 Å². The van der Waals surface area contributed by atoms with Crippen LogP contribution in [0.1, 0.15) is 87.5 Å². The highest BCUT2D eigenvalue weighted by Gasteiger charge is 2.73. The van der Waals surface area contributed by atoms with Crippen LogP contribution in [0.15, 0.2) is 11.6 Å². The fourth-order valence-electron chi connectivity index (χ4n) is 9.62. The smallest absolute Gasteiger partial charge is 0.162 e. The average Bonchev–Trinajstić information content (AvgIpc) is 2.88. The first kappa shape index (κ1) is 26.2. The summed E-state index contributed by atoms with van der Waals surface area (Å²) in [6.07, 6.45) is 2.54. The number of aliphatic hydroxyl groups is 2. The Balaban J connectivity index is 1.62. The molecule has 0 aromatic carbocycles. The Morgan fingerprint density at radius 2 is 1.64 bits per heavy atom. The lowest BCUT2D eigenvalue weighted by molar-refractivity contribution is -0.173. The van der Waals surface area contributed by atoms with E-state index in [1.165, 1.54) is 0 Å². The largest absolute Gasteiger partial charge is 0.388 e. The van der Waals surface area contributed by atoms with Gasteiger partial charge in [-0.3, -0.25) is 14.4 Å². The zero-order valence-corrected chi connectivity index (χ0v) is 23.2. The number of aliphatic hydroxyl groups excluding tert-OH is 1. The number of rotatable bonds is 1. The first-order valence-electron chi connectivity index (χ1n) is 13.8. The van der Waals surface area contributed by atoms with Crippen molar-refractivity contribution in [2.45, 2.75) is 111 Å². The van der Waals surface area contributed by atoms with E-state index in [2.05, 4.69) is 26.8 Å². The maximum Gasteiger partial charge on any atom is 0.162 e. The molecule has 4 fully saturated rings.